The molecular formula is C50H72N11O21OsP3. The van der Waals surface area contributed by atoms with Crippen molar-refractivity contribution in [3.8, 4) is 0 Å². The third kappa shape index (κ3) is 18.0. The molecule has 2 amide bonds. The molecule has 0 radical (unpaired) electrons. The molecule has 3 aliphatic rings. The van der Waals surface area contributed by atoms with Crippen LogP contribution in [0.5, 0.6) is 0 Å². The molecule has 10 atom stereocenters. The van der Waals surface area contributed by atoms with Crippen molar-refractivity contribution in [3.05, 3.63) is 97.5 Å². The van der Waals surface area contributed by atoms with Crippen LogP contribution in [0, 0.1) is 0 Å². The van der Waals surface area contributed by atoms with Crippen LogP contribution >= 0.6 is 21.4 Å². The van der Waals surface area contributed by atoms with E-state index in [1.165, 1.54) is 43.4 Å². The van der Waals surface area contributed by atoms with Gasteiger partial charge in [-0.25, -0.2) is 24.5 Å². The van der Waals surface area contributed by atoms with Crippen LogP contribution in [0.4, 0.5) is 9.59 Å². The third-order valence-corrected chi connectivity index (χ3v) is 15.0. The molecule has 36 heteroatoms. The molecule has 476 valence electrons. The van der Waals surface area contributed by atoms with Gasteiger partial charge in [-0.15, -0.1) is 0 Å². The number of ether oxygens (including phenoxy) is 5. The van der Waals surface area contributed by atoms with Gasteiger partial charge < -0.3 is 87.7 Å². The van der Waals surface area contributed by atoms with Crippen molar-refractivity contribution < 1.29 is 96.4 Å². The molecule has 1 saturated carbocycles. The summed E-state index contributed by atoms with van der Waals surface area (Å²) in [6.45, 7) is 19.8. The van der Waals surface area contributed by atoms with E-state index in [0.29, 0.717) is 45.2 Å². The predicted molar refractivity (Wildman–Crippen MR) is 303 cm³/mol. The van der Waals surface area contributed by atoms with Crippen LogP contribution in [0.1, 0.15) is 82.7 Å². The second-order valence-electron chi connectivity index (χ2n) is 23.7. The number of aromatic nitrogens is 9. The summed E-state index contributed by atoms with van der Waals surface area (Å²) in [5.41, 5.74) is 1.05. The number of carbonyl (C=O) groups is 2. The summed E-state index contributed by atoms with van der Waals surface area (Å²) in [5.74, 6) is -0.411. The molecule has 0 bridgehead atoms. The number of fused-ring (bicyclic) bond motifs is 3. The Hall–Kier alpha value is -6.21. The van der Waals surface area contributed by atoms with Crippen molar-refractivity contribution in [2.24, 2.45) is 0 Å². The fourth-order valence-electron chi connectivity index (χ4n) is 9.25. The van der Waals surface area contributed by atoms with E-state index in [4.69, 9.17) is 37.8 Å². The summed E-state index contributed by atoms with van der Waals surface area (Å²) >= 11 is -6.06. The number of amides is 2. The minimum atomic E-state index is -6.06. The molecular weight excluding hydrogens is 1370 g/mol. The van der Waals surface area contributed by atoms with Gasteiger partial charge in [-0.2, -0.15) is 0 Å². The van der Waals surface area contributed by atoms with Crippen LogP contribution in [0.3, 0.4) is 0 Å². The average Bonchev–Trinajstić information content (AvgIpc) is 1.66. The molecule has 8 heterocycles. The van der Waals surface area contributed by atoms with Gasteiger partial charge in [0.2, 0.25) is 0 Å². The molecule has 1 saturated heterocycles. The number of nitrogens with one attached hydrogen (secondary N) is 6. The summed E-state index contributed by atoms with van der Waals surface area (Å²) in [7, 11) is -7.45. The van der Waals surface area contributed by atoms with Crippen LogP contribution in [0.25, 0.3) is 33.1 Å². The Bertz CT molecular complexity index is 4020. The van der Waals surface area contributed by atoms with E-state index in [2.05, 4.69) is 44.9 Å². The van der Waals surface area contributed by atoms with E-state index < -0.39 is 126 Å². The molecule has 1 aliphatic carbocycles. The van der Waals surface area contributed by atoms with Crippen molar-refractivity contribution in [2.45, 2.75) is 120 Å². The Morgan fingerprint density at radius 1 is 0.558 bits per heavy atom. The molecule has 32 nitrogen and oxygen atoms in total. The molecule has 2 aliphatic heterocycles. The van der Waals surface area contributed by atoms with Crippen molar-refractivity contribution in [1.29, 1.82) is 0 Å². The van der Waals surface area contributed by atoms with Gasteiger partial charge in [0.15, 0.2) is 12.5 Å². The molecule has 6 aromatic heterocycles. The number of hydrogen-bond donors (Lipinski definition) is 10. The summed E-state index contributed by atoms with van der Waals surface area (Å²) in [5, 5.41) is 42.0. The van der Waals surface area contributed by atoms with Crippen LogP contribution in [0.2, 0.25) is 0 Å². The van der Waals surface area contributed by atoms with Gasteiger partial charge >= 0.3 is 41.2 Å². The number of hydrogen-bond acceptors (Lipinski definition) is 24. The number of aliphatic hydroxyl groups excluding tert-OH is 4. The van der Waals surface area contributed by atoms with Gasteiger partial charge in [0.1, 0.15) is 91.2 Å². The molecule has 10 N–H and O–H groups in total. The summed E-state index contributed by atoms with van der Waals surface area (Å²) in [6.07, 6.45) is 3.16. The van der Waals surface area contributed by atoms with Gasteiger partial charge in [-0.05, 0) is 94.0 Å². The summed E-state index contributed by atoms with van der Waals surface area (Å²) in [4.78, 5) is 92.7. The summed E-state index contributed by atoms with van der Waals surface area (Å²) in [6, 6.07) is -1.66. The van der Waals surface area contributed by atoms with Crippen LogP contribution in [0.15, 0.2) is 64.1 Å². The monoisotopic (exact) mass is 1450 g/mol. The molecule has 0 aromatic carbocycles. The molecule has 0 spiro atoms. The quantitative estimate of drug-likeness (QED) is 0.0607. The fraction of sp³-hybridized carbons (Fsp3) is 0.560. The van der Waals surface area contributed by atoms with Crippen LogP contribution in [-0.4, -0.2) is 200 Å². The van der Waals surface area contributed by atoms with E-state index in [1.54, 1.807) is 92.7 Å². The molecule has 86 heavy (non-hydrogen) atoms. The molecule has 0 unspecified atom stereocenters. The van der Waals surface area contributed by atoms with E-state index >= 15 is 0 Å². The third-order valence-electron chi connectivity index (χ3n) is 12.7. The standard InChI is InChI=1S/C18H27N4O7P.C18H25N4O5P.C14H20N3O5P.4O.Os/c1-18(2,3)29-17(26)22-12(9-6-19-11-10(9)20-7-21-15(11)25)13(23)14(24)16(22)28-8-30(4,5)27;1-18(2,3)27-17(24)22-12(6-7-13(22)26-10-28(4,5)25)11-8-19-15-14(11)20-9-21-16(15)23;1-23(2,21)6-22-9-3-7(12(18)13(9)19)8-4-15-11-10(8)16-5-17-14(11)20;;;;;/h6-7,12-14,16,19,23-24H,8H2,1-5H3,(H,20,21,25);6-9,12-13,19H,10H2,1-5H3,(H,20,21,23);4-5,7,9,12-13,15,18-19H,3,6H2,1-2H3,(H,16,17,20);;;;;/t12-,13-,14-,16+;12-,13-;7-,9-,12-,13+;;;;;/m010...../s1. The van der Waals surface area contributed by atoms with E-state index in [1.807, 2.05) is 0 Å². The Balaban J connectivity index is 0.000000200. The van der Waals surface area contributed by atoms with Gasteiger partial charge in [0.25, 0.3) is 16.7 Å². The van der Waals surface area contributed by atoms with Crippen LogP contribution in [-0.2, 0) is 66.4 Å². The Kier molecular flexibility index (Phi) is 21.3. The number of aliphatic hydroxyl groups is 4. The molecule has 6 aromatic rings. The van der Waals surface area contributed by atoms with Gasteiger partial charge in [-0.3, -0.25) is 24.2 Å². The predicted octanol–water partition coefficient (Wildman–Crippen LogP) is 4.16. The van der Waals surface area contributed by atoms with Crippen molar-refractivity contribution in [3.63, 3.8) is 0 Å². The zero-order valence-electron chi connectivity index (χ0n) is 48.9. The SMILES string of the molecule is CC(C)(C)OC(=O)N1[C@@H](c2c[nH]c3c(=O)[nH]cnc23)C=C[C@H]1OCP(C)(C)=O.CC(C)(C)OC(=O)N1[C@H](OCP(C)(C)=O)[C@@H](O)[C@@H](O)[C@@H]1c1c[nH]c2c(=O)[nH]cnc12.CP(C)(=O)CO[C@H]1C[C@@H](c2c[nH]c3c(=O)[nH]cnc23)[C@H](O)[C@@H]1O.[O]=[Os](=[O])(=[O])=[O]. The normalized spacial score (nSPS) is 23.6. The van der Waals surface area contributed by atoms with Gasteiger partial charge in [0.05, 0.1) is 55.1 Å². The van der Waals surface area contributed by atoms with E-state index in [0.717, 1.165) is 4.90 Å². The van der Waals surface area contributed by atoms with Crippen molar-refractivity contribution in [2.75, 3.05) is 59.0 Å². The van der Waals surface area contributed by atoms with Crippen molar-refractivity contribution in [1.82, 2.24) is 54.7 Å². The maximum atomic E-state index is 13.0. The summed E-state index contributed by atoms with van der Waals surface area (Å²) < 4.78 is 98.4. The zero-order chi connectivity index (χ0) is 64.4. The Morgan fingerprint density at radius 2 is 0.953 bits per heavy atom. The minimum absolute atomic E-state index is 0.0276. The first kappa shape index (κ1) is 68.9. The first-order valence-electron chi connectivity index (χ1n) is 26.2. The van der Waals surface area contributed by atoms with E-state index in [-0.39, 0.29) is 41.2 Å². The topological polar surface area (TPSA) is 472 Å². The second-order valence-corrected chi connectivity index (χ2v) is 36.5. The van der Waals surface area contributed by atoms with Gasteiger partial charge in [0, 0.05) is 41.2 Å². The maximum absolute atomic E-state index is 13.0. The first-order valence-corrected chi connectivity index (χ1v) is 38.7. The Morgan fingerprint density at radius 3 is 1.41 bits per heavy atom. The van der Waals surface area contributed by atoms with E-state index in [9.17, 15) is 58.1 Å². The molecule has 9 rings (SSSR count). The number of carbonyl (C=O) groups excluding carboxylic acids is 2. The Labute approximate surface area is 492 Å². The zero-order valence-corrected chi connectivity index (χ0v) is 54.1. The van der Waals surface area contributed by atoms with Crippen molar-refractivity contribution >= 4 is 66.7 Å². The van der Waals surface area contributed by atoms with Gasteiger partial charge in [-0.1, -0.05) is 6.08 Å². The second kappa shape index (κ2) is 26.6. The molecule has 2 fully saturated rings. The number of aromatic amines is 6. The fourth-order valence-corrected chi connectivity index (χ4v) is 10.8. The van der Waals surface area contributed by atoms with Crippen LogP contribution < -0.4 is 16.7 Å². The number of likely N-dealkylation sites (tertiary alicyclic amines) is 1. The number of nitrogens with zero attached hydrogens (tertiary/aromatic N) is 5. The number of H-pyrrole nitrogens is 6. The average molecular weight is 1450 g/mol. The number of rotatable bonds is 12. The first-order chi connectivity index (χ1) is 39.5.